The van der Waals surface area contributed by atoms with E-state index < -0.39 is 0 Å². The standard InChI is InChI=1S/C14H20N2O3/c1-10(15)13-8-16(14(17)9-19-13)7-11-3-5-12(18-2)6-4-11/h3-6,10,13H,7-9,15H2,1-2H3/t10?,13-/m0/s1. The lowest BCUT2D eigenvalue weighted by Crippen LogP contribution is -2.51. The molecule has 0 aromatic heterocycles. The fourth-order valence-electron chi connectivity index (χ4n) is 2.06. The number of benzene rings is 1. The minimum atomic E-state index is -0.0871. The molecule has 2 rings (SSSR count). The summed E-state index contributed by atoms with van der Waals surface area (Å²) in [6.07, 6.45) is -0.0871. The molecule has 2 atom stereocenters. The molecule has 104 valence electrons. The number of rotatable bonds is 4. The Kier molecular flexibility index (Phi) is 4.39. The molecule has 1 fully saturated rings. The van der Waals surface area contributed by atoms with Crippen molar-refractivity contribution in [1.29, 1.82) is 0 Å². The van der Waals surface area contributed by atoms with Gasteiger partial charge in [0, 0.05) is 19.1 Å². The predicted molar refractivity (Wildman–Crippen MR) is 71.8 cm³/mol. The zero-order chi connectivity index (χ0) is 13.8. The highest BCUT2D eigenvalue weighted by atomic mass is 16.5. The maximum atomic E-state index is 11.8. The van der Waals surface area contributed by atoms with Crippen molar-refractivity contribution in [2.75, 3.05) is 20.3 Å². The van der Waals surface area contributed by atoms with Crippen LogP contribution in [-0.2, 0) is 16.1 Å². The molecule has 1 aromatic rings. The minimum absolute atomic E-state index is 0.00715. The van der Waals surface area contributed by atoms with Gasteiger partial charge in [-0.2, -0.15) is 0 Å². The molecule has 1 aromatic carbocycles. The van der Waals surface area contributed by atoms with Crippen LogP contribution in [0.25, 0.3) is 0 Å². The molecule has 1 aliphatic rings. The van der Waals surface area contributed by atoms with Crippen LogP contribution in [0.4, 0.5) is 0 Å². The first-order valence-corrected chi connectivity index (χ1v) is 6.38. The number of hydrogen-bond donors (Lipinski definition) is 1. The topological polar surface area (TPSA) is 64.8 Å². The SMILES string of the molecule is COc1ccc(CN2C[C@@H](C(C)N)OCC2=O)cc1. The number of hydrogen-bond acceptors (Lipinski definition) is 4. The summed E-state index contributed by atoms with van der Waals surface area (Å²) < 4.78 is 10.5. The van der Waals surface area contributed by atoms with Gasteiger partial charge in [0.1, 0.15) is 12.4 Å². The Hall–Kier alpha value is -1.59. The van der Waals surface area contributed by atoms with Gasteiger partial charge in [0.05, 0.1) is 13.2 Å². The largest absolute Gasteiger partial charge is 0.497 e. The van der Waals surface area contributed by atoms with Crippen molar-refractivity contribution in [2.45, 2.75) is 25.6 Å². The van der Waals surface area contributed by atoms with Crippen LogP contribution >= 0.6 is 0 Å². The summed E-state index contributed by atoms with van der Waals surface area (Å²) in [6.45, 7) is 3.13. The van der Waals surface area contributed by atoms with E-state index >= 15 is 0 Å². The molecule has 1 heterocycles. The molecule has 0 radical (unpaired) electrons. The van der Waals surface area contributed by atoms with Crippen LogP contribution in [0.15, 0.2) is 24.3 Å². The summed E-state index contributed by atoms with van der Waals surface area (Å²) in [7, 11) is 1.63. The van der Waals surface area contributed by atoms with Gasteiger partial charge in [0.15, 0.2) is 0 Å². The van der Waals surface area contributed by atoms with Crippen molar-refractivity contribution < 1.29 is 14.3 Å². The van der Waals surface area contributed by atoms with Crippen molar-refractivity contribution in [3.63, 3.8) is 0 Å². The monoisotopic (exact) mass is 264 g/mol. The molecule has 5 nitrogen and oxygen atoms in total. The highest BCUT2D eigenvalue weighted by molar-refractivity contribution is 5.78. The Balaban J connectivity index is 2.01. The van der Waals surface area contributed by atoms with E-state index in [1.165, 1.54) is 0 Å². The van der Waals surface area contributed by atoms with Gasteiger partial charge in [-0.15, -0.1) is 0 Å². The van der Waals surface area contributed by atoms with E-state index in [4.69, 9.17) is 15.2 Å². The van der Waals surface area contributed by atoms with Gasteiger partial charge in [-0.05, 0) is 24.6 Å². The second kappa shape index (κ2) is 6.04. The van der Waals surface area contributed by atoms with Gasteiger partial charge in [-0.1, -0.05) is 12.1 Å². The maximum absolute atomic E-state index is 11.8. The summed E-state index contributed by atoms with van der Waals surface area (Å²) in [6, 6.07) is 7.63. The number of methoxy groups -OCH3 is 1. The van der Waals surface area contributed by atoms with Crippen molar-refractivity contribution >= 4 is 5.91 Å². The molecule has 1 aliphatic heterocycles. The molecule has 0 bridgehead atoms. The zero-order valence-electron chi connectivity index (χ0n) is 11.3. The van der Waals surface area contributed by atoms with E-state index in [1.54, 1.807) is 12.0 Å². The molecule has 1 amide bonds. The van der Waals surface area contributed by atoms with Crippen molar-refractivity contribution in [2.24, 2.45) is 5.73 Å². The Labute approximate surface area is 113 Å². The number of ether oxygens (including phenoxy) is 2. The summed E-state index contributed by atoms with van der Waals surface area (Å²) in [5.74, 6) is 0.818. The van der Waals surface area contributed by atoms with Crippen LogP contribution < -0.4 is 10.5 Å². The first-order valence-electron chi connectivity index (χ1n) is 6.38. The number of nitrogens with two attached hydrogens (primary N) is 1. The predicted octanol–water partition coefficient (Wildman–Crippen LogP) is 0.770. The molecule has 0 saturated carbocycles. The second-order valence-corrected chi connectivity index (χ2v) is 4.83. The molecule has 5 heteroatoms. The molecule has 0 aliphatic carbocycles. The van der Waals surface area contributed by atoms with E-state index in [0.29, 0.717) is 13.1 Å². The molecule has 0 spiro atoms. The summed E-state index contributed by atoms with van der Waals surface area (Å²) in [5, 5.41) is 0. The van der Waals surface area contributed by atoms with Gasteiger partial charge in [-0.3, -0.25) is 4.79 Å². The summed E-state index contributed by atoms with van der Waals surface area (Å²) in [5.41, 5.74) is 6.90. The lowest BCUT2D eigenvalue weighted by Gasteiger charge is -2.34. The lowest BCUT2D eigenvalue weighted by molar-refractivity contribution is -0.150. The Morgan fingerprint density at radius 1 is 1.47 bits per heavy atom. The van der Waals surface area contributed by atoms with Gasteiger partial charge in [0.2, 0.25) is 5.91 Å². The number of nitrogens with zero attached hydrogens (tertiary/aromatic N) is 1. The van der Waals surface area contributed by atoms with E-state index in [9.17, 15) is 4.79 Å². The number of carbonyl (C=O) groups excluding carboxylic acids is 1. The van der Waals surface area contributed by atoms with E-state index in [0.717, 1.165) is 11.3 Å². The van der Waals surface area contributed by atoms with Crippen LogP contribution in [0, 0.1) is 0 Å². The van der Waals surface area contributed by atoms with Crippen molar-refractivity contribution in [1.82, 2.24) is 4.90 Å². The van der Waals surface area contributed by atoms with Crippen LogP contribution in [-0.4, -0.2) is 43.2 Å². The lowest BCUT2D eigenvalue weighted by atomic mass is 10.1. The molecular formula is C14H20N2O3. The van der Waals surface area contributed by atoms with Crippen LogP contribution in [0.3, 0.4) is 0 Å². The molecule has 2 N–H and O–H groups in total. The number of morpholine rings is 1. The Morgan fingerprint density at radius 2 is 2.16 bits per heavy atom. The third-order valence-corrected chi connectivity index (χ3v) is 3.29. The normalized spacial score (nSPS) is 21.3. The molecule has 1 unspecified atom stereocenters. The fraction of sp³-hybridized carbons (Fsp3) is 0.500. The maximum Gasteiger partial charge on any atom is 0.248 e. The highest BCUT2D eigenvalue weighted by Crippen LogP contribution is 2.16. The smallest absolute Gasteiger partial charge is 0.248 e. The third-order valence-electron chi connectivity index (χ3n) is 3.29. The Morgan fingerprint density at radius 3 is 2.74 bits per heavy atom. The Bertz CT molecular complexity index is 431. The van der Waals surface area contributed by atoms with E-state index in [-0.39, 0.29) is 24.7 Å². The highest BCUT2D eigenvalue weighted by Gasteiger charge is 2.28. The number of carbonyl (C=O) groups is 1. The van der Waals surface area contributed by atoms with Crippen LogP contribution in [0.1, 0.15) is 12.5 Å². The van der Waals surface area contributed by atoms with Crippen molar-refractivity contribution in [3.8, 4) is 5.75 Å². The van der Waals surface area contributed by atoms with Crippen LogP contribution in [0.5, 0.6) is 5.75 Å². The molecule has 19 heavy (non-hydrogen) atoms. The van der Waals surface area contributed by atoms with Crippen LogP contribution in [0.2, 0.25) is 0 Å². The number of amides is 1. The average Bonchev–Trinajstić information content (AvgIpc) is 2.42. The van der Waals surface area contributed by atoms with E-state index in [1.807, 2.05) is 31.2 Å². The summed E-state index contributed by atoms with van der Waals surface area (Å²) in [4.78, 5) is 13.6. The zero-order valence-corrected chi connectivity index (χ0v) is 11.3. The second-order valence-electron chi connectivity index (χ2n) is 4.83. The van der Waals surface area contributed by atoms with Crippen molar-refractivity contribution in [3.05, 3.63) is 29.8 Å². The average molecular weight is 264 g/mol. The first kappa shape index (κ1) is 13.8. The first-order chi connectivity index (χ1) is 9.10. The van der Waals surface area contributed by atoms with Gasteiger partial charge in [0.25, 0.3) is 0 Å². The quantitative estimate of drug-likeness (QED) is 0.872. The summed E-state index contributed by atoms with van der Waals surface area (Å²) >= 11 is 0. The molecular weight excluding hydrogens is 244 g/mol. The third kappa shape index (κ3) is 3.45. The fourth-order valence-corrected chi connectivity index (χ4v) is 2.06. The van der Waals surface area contributed by atoms with Gasteiger partial charge >= 0.3 is 0 Å². The van der Waals surface area contributed by atoms with Gasteiger partial charge in [-0.25, -0.2) is 0 Å². The van der Waals surface area contributed by atoms with Gasteiger partial charge < -0.3 is 20.1 Å². The minimum Gasteiger partial charge on any atom is -0.497 e. The molecule has 1 saturated heterocycles. The van der Waals surface area contributed by atoms with E-state index in [2.05, 4.69) is 0 Å².